The van der Waals surface area contributed by atoms with Gasteiger partial charge < -0.3 is 14.3 Å². The molecule has 0 aliphatic rings. The Balaban J connectivity index is 1.89. The minimum Gasteiger partial charge on any atom is -0.508 e. The first-order chi connectivity index (χ1) is 13.6. The van der Waals surface area contributed by atoms with Crippen LogP contribution >= 0.6 is 0 Å². The lowest BCUT2D eigenvalue weighted by molar-refractivity contribution is 0.415. The standard InChI is InChI=1S/C24H21NO3/c1-16(17-6-4-3-5-7-17)25-22-15-24(18-8-11-20(27-2)12-9-18)28-23-13-10-19(26)14-21(22)23/h3-16,26H,1-2H3/t16-/m0/s1. The first-order valence-electron chi connectivity index (χ1n) is 9.14. The molecule has 140 valence electrons. The molecule has 1 aromatic heterocycles. The molecular weight excluding hydrogens is 350 g/mol. The van der Waals surface area contributed by atoms with Gasteiger partial charge in [-0.3, -0.25) is 4.99 Å². The maximum absolute atomic E-state index is 9.95. The van der Waals surface area contributed by atoms with Gasteiger partial charge in [0.25, 0.3) is 0 Å². The average molecular weight is 371 g/mol. The van der Waals surface area contributed by atoms with Crippen molar-refractivity contribution in [3.05, 3.63) is 89.8 Å². The van der Waals surface area contributed by atoms with Gasteiger partial charge in [-0.1, -0.05) is 30.3 Å². The summed E-state index contributed by atoms with van der Waals surface area (Å²) in [4.78, 5) is 4.92. The predicted octanol–water partition coefficient (Wildman–Crippen LogP) is 5.48. The topological polar surface area (TPSA) is 55.0 Å². The van der Waals surface area contributed by atoms with Gasteiger partial charge in [0.2, 0.25) is 0 Å². The van der Waals surface area contributed by atoms with Gasteiger partial charge in [-0.05, 0) is 55.0 Å². The monoisotopic (exact) mass is 371 g/mol. The molecule has 4 nitrogen and oxygen atoms in total. The molecule has 1 N–H and O–H groups in total. The van der Waals surface area contributed by atoms with Gasteiger partial charge in [-0.2, -0.15) is 0 Å². The summed E-state index contributed by atoms with van der Waals surface area (Å²) in [7, 11) is 1.64. The van der Waals surface area contributed by atoms with Crippen LogP contribution in [0.2, 0.25) is 0 Å². The second-order valence-corrected chi connectivity index (χ2v) is 6.62. The highest BCUT2D eigenvalue weighted by atomic mass is 16.5. The fourth-order valence-electron chi connectivity index (χ4n) is 3.18. The number of phenols is 1. The van der Waals surface area contributed by atoms with Crippen LogP contribution in [0.3, 0.4) is 0 Å². The number of aromatic hydroxyl groups is 1. The number of hydrogen-bond donors (Lipinski definition) is 1. The van der Waals surface area contributed by atoms with Crippen molar-refractivity contribution in [1.82, 2.24) is 0 Å². The summed E-state index contributed by atoms with van der Waals surface area (Å²) in [6, 6.07) is 24.8. The van der Waals surface area contributed by atoms with Crippen molar-refractivity contribution in [3.8, 4) is 22.8 Å². The molecule has 0 saturated carbocycles. The molecule has 0 bridgehead atoms. The number of benzene rings is 3. The zero-order valence-electron chi connectivity index (χ0n) is 15.8. The van der Waals surface area contributed by atoms with Crippen LogP contribution in [0.5, 0.6) is 11.5 Å². The van der Waals surface area contributed by atoms with Gasteiger partial charge in [0.1, 0.15) is 22.8 Å². The lowest BCUT2D eigenvalue weighted by Crippen LogP contribution is -2.06. The normalized spacial score (nSPS) is 12.9. The summed E-state index contributed by atoms with van der Waals surface area (Å²) in [6.45, 7) is 2.06. The van der Waals surface area contributed by atoms with Crippen LogP contribution in [-0.4, -0.2) is 12.2 Å². The van der Waals surface area contributed by atoms with E-state index in [1.807, 2.05) is 48.5 Å². The van der Waals surface area contributed by atoms with Crippen LogP contribution in [0.25, 0.3) is 22.3 Å². The molecule has 0 radical (unpaired) electrons. The molecule has 0 unspecified atom stereocenters. The molecule has 0 aliphatic heterocycles. The second-order valence-electron chi connectivity index (χ2n) is 6.62. The number of methoxy groups -OCH3 is 1. The van der Waals surface area contributed by atoms with E-state index in [9.17, 15) is 5.11 Å². The van der Waals surface area contributed by atoms with E-state index in [2.05, 4.69) is 19.1 Å². The minimum atomic E-state index is -0.0298. The molecule has 28 heavy (non-hydrogen) atoms. The summed E-state index contributed by atoms with van der Waals surface area (Å²) in [5, 5.41) is 11.5. The van der Waals surface area contributed by atoms with E-state index in [1.165, 1.54) is 0 Å². The van der Waals surface area contributed by atoms with Crippen molar-refractivity contribution in [2.75, 3.05) is 7.11 Å². The van der Waals surface area contributed by atoms with E-state index in [0.717, 1.165) is 27.6 Å². The number of fused-ring (bicyclic) bond motifs is 1. The highest BCUT2D eigenvalue weighted by Gasteiger charge is 2.09. The smallest absolute Gasteiger partial charge is 0.137 e. The van der Waals surface area contributed by atoms with E-state index in [1.54, 1.807) is 25.3 Å². The van der Waals surface area contributed by atoms with Crippen LogP contribution < -0.4 is 10.1 Å². The molecule has 0 fully saturated rings. The highest BCUT2D eigenvalue weighted by molar-refractivity contribution is 5.80. The van der Waals surface area contributed by atoms with Crippen molar-refractivity contribution in [2.24, 2.45) is 4.99 Å². The predicted molar refractivity (Wildman–Crippen MR) is 110 cm³/mol. The zero-order chi connectivity index (χ0) is 19.5. The Bertz CT molecular complexity index is 1160. The van der Waals surface area contributed by atoms with Gasteiger partial charge in [0.05, 0.1) is 18.5 Å². The number of hydrogen-bond acceptors (Lipinski definition) is 4. The van der Waals surface area contributed by atoms with Gasteiger partial charge in [0, 0.05) is 17.0 Å². The van der Waals surface area contributed by atoms with Crippen LogP contribution in [0.15, 0.2) is 88.3 Å². The minimum absolute atomic E-state index is 0.0298. The van der Waals surface area contributed by atoms with Crippen LogP contribution in [-0.2, 0) is 0 Å². The van der Waals surface area contributed by atoms with Crippen LogP contribution in [0, 0.1) is 0 Å². The molecule has 0 aliphatic carbocycles. The average Bonchev–Trinajstić information content (AvgIpc) is 2.74. The molecule has 1 atom stereocenters. The summed E-state index contributed by atoms with van der Waals surface area (Å²) in [5.41, 5.74) is 2.73. The molecule has 4 heteroatoms. The van der Waals surface area contributed by atoms with E-state index in [4.69, 9.17) is 14.1 Å². The van der Waals surface area contributed by atoms with E-state index in [-0.39, 0.29) is 11.8 Å². The Morgan fingerprint density at radius 2 is 1.68 bits per heavy atom. The quantitative estimate of drug-likeness (QED) is 0.517. The first-order valence-corrected chi connectivity index (χ1v) is 9.14. The Morgan fingerprint density at radius 3 is 2.39 bits per heavy atom. The molecule has 4 rings (SSSR count). The third-order valence-corrected chi connectivity index (χ3v) is 4.72. The molecule has 4 aromatic rings. The highest BCUT2D eigenvalue weighted by Crippen LogP contribution is 2.26. The Hall–Kier alpha value is -3.53. The van der Waals surface area contributed by atoms with Crippen LogP contribution in [0.1, 0.15) is 18.5 Å². The maximum Gasteiger partial charge on any atom is 0.137 e. The van der Waals surface area contributed by atoms with E-state index >= 15 is 0 Å². The zero-order valence-corrected chi connectivity index (χ0v) is 15.8. The lowest BCUT2D eigenvalue weighted by atomic mass is 10.1. The molecule has 3 aromatic carbocycles. The van der Waals surface area contributed by atoms with Gasteiger partial charge in [-0.25, -0.2) is 0 Å². The Morgan fingerprint density at radius 1 is 0.929 bits per heavy atom. The number of rotatable bonds is 4. The van der Waals surface area contributed by atoms with Gasteiger partial charge in [-0.15, -0.1) is 0 Å². The van der Waals surface area contributed by atoms with Crippen molar-refractivity contribution in [1.29, 1.82) is 0 Å². The number of ether oxygens (including phenoxy) is 1. The van der Waals surface area contributed by atoms with E-state index < -0.39 is 0 Å². The van der Waals surface area contributed by atoms with Crippen molar-refractivity contribution in [3.63, 3.8) is 0 Å². The summed E-state index contributed by atoms with van der Waals surface area (Å²) in [5.74, 6) is 1.68. The molecule has 0 saturated heterocycles. The lowest BCUT2D eigenvalue weighted by Gasteiger charge is -2.09. The Labute approximate surface area is 163 Å². The third kappa shape index (κ3) is 3.62. The molecular formula is C24H21NO3. The van der Waals surface area contributed by atoms with Crippen molar-refractivity contribution >= 4 is 11.0 Å². The van der Waals surface area contributed by atoms with Gasteiger partial charge in [0.15, 0.2) is 0 Å². The SMILES string of the molecule is COc1ccc(-c2cc(=N[C@@H](C)c3ccccc3)c3cc(O)ccc3o2)cc1. The van der Waals surface area contributed by atoms with Gasteiger partial charge >= 0.3 is 0 Å². The Kier molecular flexibility index (Phi) is 4.85. The fourth-order valence-corrected chi connectivity index (χ4v) is 3.18. The summed E-state index contributed by atoms with van der Waals surface area (Å²) >= 11 is 0. The maximum atomic E-state index is 9.95. The summed E-state index contributed by atoms with van der Waals surface area (Å²) in [6.07, 6.45) is 0. The third-order valence-electron chi connectivity index (χ3n) is 4.72. The second kappa shape index (κ2) is 7.61. The first kappa shape index (κ1) is 17.9. The number of phenolic OH excluding ortho intramolecular Hbond substituents is 1. The molecule has 1 heterocycles. The molecule has 0 spiro atoms. The largest absolute Gasteiger partial charge is 0.508 e. The number of nitrogens with zero attached hydrogens (tertiary/aromatic N) is 1. The fraction of sp³-hybridized carbons (Fsp3) is 0.125. The molecule has 0 amide bonds. The van der Waals surface area contributed by atoms with Crippen LogP contribution in [0.4, 0.5) is 0 Å². The van der Waals surface area contributed by atoms with Crippen molar-refractivity contribution in [2.45, 2.75) is 13.0 Å². The summed E-state index contributed by atoms with van der Waals surface area (Å²) < 4.78 is 11.3. The van der Waals surface area contributed by atoms with Crippen molar-refractivity contribution < 1.29 is 14.3 Å². The van der Waals surface area contributed by atoms with E-state index in [0.29, 0.717) is 11.3 Å².